The number of pyridine rings is 1. The van der Waals surface area contributed by atoms with E-state index < -0.39 is 6.10 Å². The minimum Gasteiger partial charge on any atom is -0.393 e. The maximum atomic E-state index is 12.9. The normalized spacial score (nSPS) is 24.8. The highest BCUT2D eigenvalue weighted by atomic mass is 32.1. The van der Waals surface area contributed by atoms with E-state index in [1.165, 1.54) is 11.3 Å². The van der Waals surface area contributed by atoms with Crippen LogP contribution in [0.15, 0.2) is 42.7 Å². The van der Waals surface area contributed by atoms with E-state index in [-0.39, 0.29) is 29.6 Å². The Morgan fingerprint density at radius 1 is 1.38 bits per heavy atom. The van der Waals surface area contributed by atoms with Crippen LogP contribution in [0.5, 0.6) is 0 Å². The number of carbonyl (C=O) groups is 2. The van der Waals surface area contributed by atoms with E-state index in [4.69, 9.17) is 0 Å². The van der Waals surface area contributed by atoms with E-state index in [2.05, 4.69) is 16.9 Å². The first-order chi connectivity index (χ1) is 13.9. The third-order valence-corrected chi connectivity index (χ3v) is 7.19. The molecule has 7 nitrogen and oxygen atoms in total. The standard InChI is InChI=1S/C21H20N4O3S/c1-10-15(11(2)25-18(10)16(12(3)26)20(25)28)14-8-24-9-23-17(21(24)29-14)19(27)13-5-4-6-22-7-13/h4-10,12,16,18,26H,1-3H3/t10-,12+,16+,18+/m0/s1. The molecule has 2 aliphatic heterocycles. The van der Waals surface area contributed by atoms with Crippen LogP contribution in [0.2, 0.25) is 0 Å². The van der Waals surface area contributed by atoms with Crippen LogP contribution in [-0.2, 0) is 4.79 Å². The molecule has 0 saturated carbocycles. The fraction of sp³-hybridized carbons (Fsp3) is 0.333. The third-order valence-electron chi connectivity index (χ3n) is 6.04. The van der Waals surface area contributed by atoms with Crippen molar-refractivity contribution in [1.29, 1.82) is 0 Å². The number of amides is 1. The lowest BCUT2D eigenvalue weighted by Crippen LogP contribution is -2.62. The molecular weight excluding hydrogens is 388 g/mol. The van der Waals surface area contributed by atoms with Crippen molar-refractivity contribution in [2.24, 2.45) is 11.8 Å². The number of nitrogens with zero attached hydrogens (tertiary/aromatic N) is 4. The quantitative estimate of drug-likeness (QED) is 0.530. The third kappa shape index (κ3) is 2.45. The number of hydrogen-bond donors (Lipinski definition) is 1. The second-order valence-corrected chi connectivity index (χ2v) is 8.76. The highest BCUT2D eigenvalue weighted by Crippen LogP contribution is 2.51. The summed E-state index contributed by atoms with van der Waals surface area (Å²) in [5, 5.41) is 10.0. The maximum Gasteiger partial charge on any atom is 0.234 e. The molecule has 29 heavy (non-hydrogen) atoms. The van der Waals surface area contributed by atoms with Gasteiger partial charge < -0.3 is 10.0 Å². The number of imidazole rings is 1. The Labute approximate surface area is 171 Å². The molecule has 148 valence electrons. The molecule has 0 spiro atoms. The van der Waals surface area contributed by atoms with Crippen LogP contribution >= 0.6 is 11.3 Å². The predicted octanol–water partition coefficient (Wildman–Crippen LogP) is 2.61. The number of aliphatic hydroxyl groups excluding tert-OH is 1. The van der Waals surface area contributed by atoms with E-state index >= 15 is 0 Å². The molecule has 0 radical (unpaired) electrons. The van der Waals surface area contributed by atoms with Gasteiger partial charge in [0.2, 0.25) is 11.7 Å². The van der Waals surface area contributed by atoms with Crippen LogP contribution in [0.4, 0.5) is 0 Å². The second kappa shape index (κ2) is 6.33. The number of aromatic nitrogens is 3. The molecule has 5 heterocycles. The van der Waals surface area contributed by atoms with Crippen LogP contribution in [0.25, 0.3) is 10.4 Å². The van der Waals surface area contributed by atoms with Crippen molar-refractivity contribution in [2.75, 3.05) is 0 Å². The van der Waals surface area contributed by atoms with Gasteiger partial charge in [0, 0.05) is 35.8 Å². The zero-order valence-electron chi connectivity index (χ0n) is 16.2. The van der Waals surface area contributed by atoms with Crippen LogP contribution < -0.4 is 0 Å². The summed E-state index contributed by atoms with van der Waals surface area (Å²) in [6, 6.07) is 3.45. The predicted molar refractivity (Wildman–Crippen MR) is 108 cm³/mol. The number of carbonyl (C=O) groups excluding carboxylic acids is 2. The molecule has 1 fully saturated rings. The summed E-state index contributed by atoms with van der Waals surface area (Å²) in [5.74, 6) is -0.414. The van der Waals surface area contributed by atoms with Crippen molar-refractivity contribution in [3.8, 4) is 0 Å². The van der Waals surface area contributed by atoms with Crippen molar-refractivity contribution >= 4 is 33.4 Å². The summed E-state index contributed by atoms with van der Waals surface area (Å²) in [6.07, 6.45) is 6.12. The number of β-lactam (4-membered cyclic amide) rings is 1. The summed E-state index contributed by atoms with van der Waals surface area (Å²) in [5.41, 5.74) is 2.93. The van der Waals surface area contributed by atoms with Crippen LogP contribution in [-0.4, -0.2) is 48.2 Å². The lowest BCUT2D eigenvalue weighted by molar-refractivity contribution is -0.159. The zero-order valence-corrected chi connectivity index (χ0v) is 17.1. The molecule has 4 atom stereocenters. The highest BCUT2D eigenvalue weighted by Gasteiger charge is 2.57. The zero-order chi connectivity index (χ0) is 20.4. The molecule has 0 aliphatic carbocycles. The Balaban J connectivity index is 1.54. The van der Waals surface area contributed by atoms with Gasteiger partial charge in [-0.05, 0) is 31.6 Å². The summed E-state index contributed by atoms with van der Waals surface area (Å²) < 4.78 is 1.86. The van der Waals surface area contributed by atoms with Gasteiger partial charge >= 0.3 is 0 Å². The van der Waals surface area contributed by atoms with Gasteiger partial charge in [0.05, 0.1) is 22.9 Å². The number of hydrogen-bond acceptors (Lipinski definition) is 6. The van der Waals surface area contributed by atoms with Crippen molar-refractivity contribution in [2.45, 2.75) is 32.9 Å². The monoisotopic (exact) mass is 408 g/mol. The molecule has 1 N–H and O–H groups in total. The molecule has 3 aromatic heterocycles. The number of rotatable bonds is 4. The number of allylic oxidation sites excluding steroid dienone is 1. The van der Waals surface area contributed by atoms with Crippen molar-refractivity contribution in [3.63, 3.8) is 0 Å². The van der Waals surface area contributed by atoms with Gasteiger partial charge in [0.1, 0.15) is 16.9 Å². The Hall–Kier alpha value is -2.84. The largest absolute Gasteiger partial charge is 0.393 e. The van der Waals surface area contributed by atoms with Crippen molar-refractivity contribution < 1.29 is 14.7 Å². The summed E-state index contributed by atoms with van der Waals surface area (Å²) in [6.45, 7) is 5.73. The number of fused-ring (bicyclic) bond motifs is 2. The van der Waals surface area contributed by atoms with Gasteiger partial charge in [-0.1, -0.05) is 6.92 Å². The van der Waals surface area contributed by atoms with Crippen molar-refractivity contribution in [3.05, 3.63) is 58.9 Å². The van der Waals surface area contributed by atoms with Gasteiger partial charge in [-0.25, -0.2) is 4.98 Å². The highest BCUT2D eigenvalue weighted by molar-refractivity contribution is 7.18. The van der Waals surface area contributed by atoms with Crippen LogP contribution in [0.1, 0.15) is 41.7 Å². The number of thiazole rings is 1. The number of ketones is 1. The molecule has 8 heteroatoms. The average Bonchev–Trinajstić information content (AvgIpc) is 3.31. The van der Waals surface area contributed by atoms with Crippen LogP contribution in [0, 0.1) is 11.8 Å². The smallest absolute Gasteiger partial charge is 0.234 e. The Morgan fingerprint density at radius 3 is 2.86 bits per heavy atom. The van der Waals surface area contributed by atoms with Gasteiger partial charge in [-0.2, -0.15) is 0 Å². The van der Waals surface area contributed by atoms with Crippen LogP contribution in [0.3, 0.4) is 0 Å². The molecule has 0 aromatic carbocycles. The average molecular weight is 408 g/mol. The lowest BCUT2D eigenvalue weighted by atomic mass is 9.77. The first kappa shape index (κ1) is 18.2. The van der Waals surface area contributed by atoms with E-state index in [0.717, 1.165) is 21.0 Å². The summed E-state index contributed by atoms with van der Waals surface area (Å²) in [7, 11) is 0. The second-order valence-electron chi connectivity index (χ2n) is 7.72. The molecule has 0 unspecified atom stereocenters. The van der Waals surface area contributed by atoms with Gasteiger partial charge in [0.15, 0.2) is 0 Å². The molecular formula is C21H20N4O3S. The molecule has 0 bridgehead atoms. The first-order valence-electron chi connectivity index (χ1n) is 9.53. The first-order valence-corrected chi connectivity index (χ1v) is 10.3. The maximum absolute atomic E-state index is 12.9. The minimum atomic E-state index is -0.662. The van der Waals surface area contributed by atoms with E-state index in [1.54, 1.807) is 37.8 Å². The molecule has 1 amide bonds. The summed E-state index contributed by atoms with van der Waals surface area (Å²) in [4.78, 5) is 37.3. The summed E-state index contributed by atoms with van der Waals surface area (Å²) >= 11 is 1.50. The number of aliphatic hydroxyl groups is 1. The Morgan fingerprint density at radius 2 is 2.17 bits per heavy atom. The van der Waals surface area contributed by atoms with E-state index in [1.807, 2.05) is 22.4 Å². The Kier molecular flexibility index (Phi) is 3.97. The minimum absolute atomic E-state index is 0.00594. The van der Waals surface area contributed by atoms with E-state index in [0.29, 0.717) is 11.3 Å². The topological polar surface area (TPSA) is 87.8 Å². The SMILES string of the molecule is CC1=C(c2cn3cnc(C(=O)c4cccnc4)c3s2)[C@H](C)[C@@H]2[C@@H]([C@@H](C)O)C(=O)N12. The Bertz CT molecular complexity index is 1180. The van der Waals surface area contributed by atoms with Crippen molar-refractivity contribution in [1.82, 2.24) is 19.3 Å². The van der Waals surface area contributed by atoms with Gasteiger partial charge in [0.25, 0.3) is 0 Å². The lowest BCUT2D eigenvalue weighted by Gasteiger charge is -2.46. The molecule has 2 aliphatic rings. The fourth-order valence-electron chi connectivity index (χ4n) is 4.69. The molecule has 3 aromatic rings. The molecule has 1 saturated heterocycles. The van der Waals surface area contributed by atoms with Gasteiger partial charge in [-0.15, -0.1) is 11.3 Å². The fourth-order valence-corrected chi connectivity index (χ4v) is 5.96. The van der Waals surface area contributed by atoms with E-state index in [9.17, 15) is 14.7 Å². The van der Waals surface area contributed by atoms with Gasteiger partial charge in [-0.3, -0.25) is 19.0 Å². The molecule has 5 rings (SSSR count).